The van der Waals surface area contributed by atoms with Crippen LogP contribution < -0.4 is 10.1 Å². The summed E-state index contributed by atoms with van der Waals surface area (Å²) in [5.74, 6) is -1.02. The molecule has 1 rings (SSSR count). The Bertz CT molecular complexity index is 474. The number of anilines is 1. The van der Waals surface area contributed by atoms with E-state index in [0.717, 1.165) is 0 Å². The number of nitrogens with zero attached hydrogens (tertiary/aromatic N) is 1. The molecule has 0 bridgehead atoms. The normalized spacial score (nSPS) is 12.0. The average molecular weight is 280 g/mol. The molecule has 6 nitrogen and oxygen atoms in total. The number of hydrogen-bond acceptors (Lipinski definition) is 4. The molecule has 1 aromatic heterocycles. The Morgan fingerprint density at radius 3 is 2.65 bits per heavy atom. The summed E-state index contributed by atoms with van der Waals surface area (Å²) in [5, 5.41) is 11.4. The van der Waals surface area contributed by atoms with Crippen molar-refractivity contribution >= 4 is 17.6 Å². The van der Waals surface area contributed by atoms with Crippen LogP contribution in [-0.4, -0.2) is 28.1 Å². The molecule has 0 radical (unpaired) electrons. The van der Waals surface area contributed by atoms with Gasteiger partial charge in [0, 0.05) is 19.0 Å². The van der Waals surface area contributed by atoms with Gasteiger partial charge < -0.3 is 15.2 Å². The fraction of sp³-hybridized carbons (Fsp3) is 0.500. The number of pyridine rings is 1. The molecule has 0 aliphatic heterocycles. The van der Waals surface area contributed by atoms with Crippen molar-refractivity contribution < 1.29 is 19.4 Å². The molecule has 0 saturated heterocycles. The molecule has 1 heterocycles. The molecule has 6 heteroatoms. The first-order valence-corrected chi connectivity index (χ1v) is 6.51. The van der Waals surface area contributed by atoms with Crippen LogP contribution in [-0.2, 0) is 9.59 Å². The SMILES string of the molecule is CC(CC(=O)O)CC(=O)Nc1cccnc1OC(C)C. The molecule has 0 fully saturated rings. The maximum atomic E-state index is 11.9. The zero-order valence-corrected chi connectivity index (χ0v) is 11.9. The fourth-order valence-corrected chi connectivity index (χ4v) is 1.69. The molecule has 0 aliphatic carbocycles. The predicted molar refractivity (Wildman–Crippen MR) is 74.7 cm³/mol. The molecular formula is C14H20N2O4. The summed E-state index contributed by atoms with van der Waals surface area (Å²) >= 11 is 0. The molecule has 110 valence electrons. The highest BCUT2D eigenvalue weighted by atomic mass is 16.5. The number of carbonyl (C=O) groups is 2. The van der Waals surface area contributed by atoms with Crippen molar-refractivity contribution in [2.75, 3.05) is 5.32 Å². The lowest BCUT2D eigenvalue weighted by Gasteiger charge is -2.14. The van der Waals surface area contributed by atoms with Gasteiger partial charge >= 0.3 is 5.97 Å². The van der Waals surface area contributed by atoms with Crippen molar-refractivity contribution in [1.29, 1.82) is 0 Å². The Balaban J connectivity index is 2.63. The van der Waals surface area contributed by atoms with Crippen molar-refractivity contribution in [1.82, 2.24) is 4.98 Å². The minimum absolute atomic E-state index is 0.0319. The maximum Gasteiger partial charge on any atom is 0.303 e. The van der Waals surface area contributed by atoms with Gasteiger partial charge in [-0.3, -0.25) is 9.59 Å². The third-order valence-electron chi connectivity index (χ3n) is 2.45. The number of carboxylic acid groups (broad SMARTS) is 1. The van der Waals surface area contributed by atoms with Gasteiger partial charge in [0.25, 0.3) is 0 Å². The first-order valence-electron chi connectivity index (χ1n) is 6.51. The van der Waals surface area contributed by atoms with Crippen LogP contribution in [0.4, 0.5) is 5.69 Å². The van der Waals surface area contributed by atoms with E-state index in [1.54, 1.807) is 25.3 Å². The number of aliphatic carboxylic acids is 1. The summed E-state index contributed by atoms with van der Waals surface area (Å²) in [6, 6.07) is 3.40. The lowest BCUT2D eigenvalue weighted by Crippen LogP contribution is -2.18. The Kier molecular flexibility index (Phi) is 5.96. The molecule has 0 aliphatic rings. The van der Waals surface area contributed by atoms with Crippen LogP contribution in [0.1, 0.15) is 33.6 Å². The predicted octanol–water partition coefficient (Wildman–Crippen LogP) is 2.31. The monoisotopic (exact) mass is 280 g/mol. The van der Waals surface area contributed by atoms with Crippen LogP contribution in [0.2, 0.25) is 0 Å². The minimum atomic E-state index is -0.907. The summed E-state index contributed by atoms with van der Waals surface area (Å²) in [6.45, 7) is 5.47. The van der Waals surface area contributed by atoms with Crippen LogP contribution in [0.15, 0.2) is 18.3 Å². The van der Waals surface area contributed by atoms with E-state index in [1.165, 1.54) is 0 Å². The van der Waals surface area contributed by atoms with E-state index in [2.05, 4.69) is 10.3 Å². The molecule has 0 spiro atoms. The largest absolute Gasteiger partial charge is 0.481 e. The average Bonchev–Trinajstić information content (AvgIpc) is 2.29. The number of nitrogens with one attached hydrogen (secondary N) is 1. The van der Waals surface area contributed by atoms with E-state index >= 15 is 0 Å². The van der Waals surface area contributed by atoms with E-state index in [4.69, 9.17) is 9.84 Å². The van der Waals surface area contributed by atoms with E-state index in [1.807, 2.05) is 13.8 Å². The van der Waals surface area contributed by atoms with Gasteiger partial charge in [-0.05, 0) is 31.9 Å². The number of carbonyl (C=O) groups excluding carboxylic acids is 1. The second-order valence-electron chi connectivity index (χ2n) is 4.98. The zero-order chi connectivity index (χ0) is 15.1. The molecule has 1 amide bonds. The van der Waals surface area contributed by atoms with Gasteiger partial charge in [-0.2, -0.15) is 0 Å². The second kappa shape index (κ2) is 7.47. The highest BCUT2D eigenvalue weighted by molar-refractivity contribution is 5.92. The van der Waals surface area contributed by atoms with E-state index < -0.39 is 5.97 Å². The van der Waals surface area contributed by atoms with Crippen LogP contribution in [0, 0.1) is 5.92 Å². The Morgan fingerprint density at radius 2 is 2.05 bits per heavy atom. The summed E-state index contributed by atoms with van der Waals surface area (Å²) < 4.78 is 5.50. The van der Waals surface area contributed by atoms with E-state index in [0.29, 0.717) is 11.6 Å². The summed E-state index contributed by atoms with van der Waals surface area (Å²) in [4.78, 5) is 26.5. The molecule has 1 unspecified atom stereocenters. The van der Waals surface area contributed by atoms with Gasteiger partial charge in [0.15, 0.2) is 0 Å². The van der Waals surface area contributed by atoms with Gasteiger partial charge in [-0.15, -0.1) is 0 Å². The summed E-state index contributed by atoms with van der Waals surface area (Å²) in [7, 11) is 0. The minimum Gasteiger partial charge on any atom is -0.481 e. The topological polar surface area (TPSA) is 88.5 Å². The van der Waals surface area contributed by atoms with Crippen molar-refractivity contribution in [3.63, 3.8) is 0 Å². The van der Waals surface area contributed by atoms with Gasteiger partial charge in [0.05, 0.1) is 6.10 Å². The standard InChI is InChI=1S/C14H20N2O4/c1-9(2)20-14-11(5-4-6-15-14)16-12(17)7-10(3)8-13(18)19/h4-6,9-10H,7-8H2,1-3H3,(H,16,17)(H,18,19). The Hall–Kier alpha value is -2.11. The smallest absolute Gasteiger partial charge is 0.303 e. The first-order chi connectivity index (χ1) is 9.38. The van der Waals surface area contributed by atoms with Crippen LogP contribution >= 0.6 is 0 Å². The number of aromatic nitrogens is 1. The third kappa shape index (κ3) is 5.69. The lowest BCUT2D eigenvalue weighted by molar-refractivity contribution is -0.138. The molecule has 1 aromatic rings. The summed E-state index contributed by atoms with van der Waals surface area (Å²) in [5.41, 5.74) is 0.494. The number of ether oxygens (including phenoxy) is 1. The van der Waals surface area contributed by atoms with Crippen LogP contribution in [0.25, 0.3) is 0 Å². The lowest BCUT2D eigenvalue weighted by atomic mass is 10.0. The zero-order valence-electron chi connectivity index (χ0n) is 11.9. The van der Waals surface area contributed by atoms with Crippen molar-refractivity contribution in [3.8, 4) is 5.88 Å². The fourth-order valence-electron chi connectivity index (χ4n) is 1.69. The number of amides is 1. The number of rotatable bonds is 7. The Labute approximate surface area is 118 Å². The molecule has 2 N–H and O–H groups in total. The molecular weight excluding hydrogens is 260 g/mol. The first kappa shape index (κ1) is 15.9. The van der Waals surface area contributed by atoms with Gasteiger partial charge in [0.1, 0.15) is 5.69 Å². The van der Waals surface area contributed by atoms with Crippen LogP contribution in [0.5, 0.6) is 5.88 Å². The molecule has 0 saturated carbocycles. The van der Waals surface area contributed by atoms with E-state index in [9.17, 15) is 9.59 Å². The maximum absolute atomic E-state index is 11.9. The van der Waals surface area contributed by atoms with Crippen molar-refractivity contribution in [3.05, 3.63) is 18.3 Å². The molecule has 0 aromatic carbocycles. The highest BCUT2D eigenvalue weighted by Gasteiger charge is 2.15. The van der Waals surface area contributed by atoms with E-state index in [-0.39, 0.29) is 30.8 Å². The number of carboxylic acids is 1. The quantitative estimate of drug-likeness (QED) is 0.800. The van der Waals surface area contributed by atoms with Crippen molar-refractivity contribution in [2.45, 2.75) is 39.7 Å². The molecule has 20 heavy (non-hydrogen) atoms. The third-order valence-corrected chi connectivity index (χ3v) is 2.45. The van der Waals surface area contributed by atoms with Gasteiger partial charge in [0.2, 0.25) is 11.8 Å². The van der Waals surface area contributed by atoms with Crippen molar-refractivity contribution in [2.24, 2.45) is 5.92 Å². The van der Waals surface area contributed by atoms with Crippen LogP contribution in [0.3, 0.4) is 0 Å². The number of hydrogen-bond donors (Lipinski definition) is 2. The molecule has 1 atom stereocenters. The second-order valence-corrected chi connectivity index (χ2v) is 4.98. The van der Waals surface area contributed by atoms with Gasteiger partial charge in [-0.1, -0.05) is 6.92 Å². The highest BCUT2D eigenvalue weighted by Crippen LogP contribution is 2.22. The summed E-state index contributed by atoms with van der Waals surface area (Å²) in [6.07, 6.45) is 1.64. The van der Waals surface area contributed by atoms with Gasteiger partial charge in [-0.25, -0.2) is 4.98 Å². The Morgan fingerprint density at radius 1 is 1.35 bits per heavy atom.